The topological polar surface area (TPSA) is 65.4 Å². The minimum Gasteiger partial charge on any atom is -0.497 e. The average molecular weight is 354 g/mol. The van der Waals surface area contributed by atoms with Gasteiger partial charge in [0.2, 0.25) is 5.91 Å². The van der Waals surface area contributed by atoms with Crippen LogP contribution in [0.1, 0.15) is 13.0 Å². The molecule has 2 aromatic rings. The molecular weight excluding hydrogens is 338 g/mol. The lowest BCUT2D eigenvalue weighted by Gasteiger charge is -2.15. The Bertz CT molecular complexity index is 642. The van der Waals surface area contributed by atoms with Crippen molar-refractivity contribution in [3.05, 3.63) is 35.1 Å². The quantitative estimate of drug-likeness (QED) is 0.897. The fourth-order valence-electron chi connectivity index (χ4n) is 1.80. The van der Waals surface area contributed by atoms with Crippen LogP contribution in [-0.2, 0) is 4.79 Å². The number of hydrogen-bond acceptors (Lipinski definition) is 4. The number of benzene rings is 1. The Morgan fingerprint density at radius 3 is 2.71 bits per heavy atom. The van der Waals surface area contributed by atoms with Gasteiger partial charge in [0.05, 0.1) is 30.6 Å². The van der Waals surface area contributed by atoms with Gasteiger partial charge in [-0.1, -0.05) is 0 Å². The normalized spacial score (nSPS) is 11.8. The van der Waals surface area contributed by atoms with E-state index in [9.17, 15) is 4.79 Å². The maximum atomic E-state index is 12.3. The van der Waals surface area contributed by atoms with Gasteiger partial charge in [0.1, 0.15) is 17.5 Å². The summed E-state index contributed by atoms with van der Waals surface area (Å²) in [5.41, 5.74) is 0.555. The molecule has 1 atom stereocenters. The zero-order chi connectivity index (χ0) is 15.4. The summed E-state index contributed by atoms with van der Waals surface area (Å²) < 4.78 is 12.8. The molecule has 1 unspecified atom stereocenters. The maximum absolute atomic E-state index is 12.3. The molecule has 0 bridgehead atoms. The molecule has 6 nitrogen and oxygen atoms in total. The molecule has 2 rings (SSSR count). The Labute approximate surface area is 131 Å². The second-order valence-electron chi connectivity index (χ2n) is 4.37. The van der Waals surface area contributed by atoms with E-state index in [-0.39, 0.29) is 5.91 Å². The van der Waals surface area contributed by atoms with Crippen LogP contribution in [0.4, 0.5) is 5.69 Å². The first-order valence-corrected chi connectivity index (χ1v) is 7.07. The van der Waals surface area contributed by atoms with Gasteiger partial charge < -0.3 is 14.8 Å². The largest absolute Gasteiger partial charge is 0.497 e. The van der Waals surface area contributed by atoms with E-state index in [1.54, 1.807) is 56.4 Å². The molecule has 0 spiro atoms. The number of amides is 1. The van der Waals surface area contributed by atoms with E-state index in [2.05, 4.69) is 26.3 Å². The molecule has 0 aliphatic rings. The first kappa shape index (κ1) is 15.4. The Balaban J connectivity index is 2.18. The van der Waals surface area contributed by atoms with E-state index in [4.69, 9.17) is 9.47 Å². The Kier molecular flexibility index (Phi) is 4.85. The molecule has 112 valence electrons. The molecule has 21 heavy (non-hydrogen) atoms. The lowest BCUT2D eigenvalue weighted by molar-refractivity contribution is -0.119. The summed E-state index contributed by atoms with van der Waals surface area (Å²) in [6, 6.07) is 4.77. The number of nitrogens with zero attached hydrogens (tertiary/aromatic N) is 2. The number of carbonyl (C=O) groups is 1. The Hall–Kier alpha value is -2.02. The number of nitrogens with one attached hydrogen (secondary N) is 1. The van der Waals surface area contributed by atoms with Crippen molar-refractivity contribution >= 4 is 27.5 Å². The van der Waals surface area contributed by atoms with Gasteiger partial charge in [-0.3, -0.25) is 9.48 Å². The van der Waals surface area contributed by atoms with E-state index in [1.165, 1.54) is 0 Å². The van der Waals surface area contributed by atoms with Crippen molar-refractivity contribution in [2.75, 3.05) is 19.5 Å². The molecule has 1 aromatic heterocycles. The van der Waals surface area contributed by atoms with Crippen LogP contribution in [0.25, 0.3) is 0 Å². The molecule has 1 aromatic carbocycles. The van der Waals surface area contributed by atoms with Gasteiger partial charge in [-0.05, 0) is 35.0 Å². The fraction of sp³-hybridized carbons (Fsp3) is 0.286. The smallest absolute Gasteiger partial charge is 0.249 e. The first-order valence-electron chi connectivity index (χ1n) is 6.27. The molecule has 1 heterocycles. The lowest BCUT2D eigenvalue weighted by atomic mass is 10.2. The van der Waals surface area contributed by atoms with E-state index in [0.717, 1.165) is 4.47 Å². The van der Waals surface area contributed by atoms with Crippen LogP contribution in [-0.4, -0.2) is 29.9 Å². The highest BCUT2D eigenvalue weighted by atomic mass is 79.9. The monoisotopic (exact) mass is 353 g/mol. The van der Waals surface area contributed by atoms with E-state index >= 15 is 0 Å². The molecule has 1 amide bonds. The third-order valence-corrected chi connectivity index (χ3v) is 3.42. The predicted molar refractivity (Wildman–Crippen MR) is 82.8 cm³/mol. The van der Waals surface area contributed by atoms with Gasteiger partial charge in [0.25, 0.3) is 0 Å². The highest BCUT2D eigenvalue weighted by Gasteiger charge is 2.18. The lowest BCUT2D eigenvalue weighted by Crippen LogP contribution is -2.24. The minimum atomic E-state index is -0.452. The van der Waals surface area contributed by atoms with Gasteiger partial charge in [-0.15, -0.1) is 0 Å². The second kappa shape index (κ2) is 6.62. The van der Waals surface area contributed by atoms with E-state index < -0.39 is 6.04 Å². The molecular formula is C14H16BrN3O3. The van der Waals surface area contributed by atoms with E-state index in [1.807, 2.05) is 0 Å². The van der Waals surface area contributed by atoms with Crippen molar-refractivity contribution in [1.29, 1.82) is 0 Å². The summed E-state index contributed by atoms with van der Waals surface area (Å²) in [5, 5.41) is 6.93. The van der Waals surface area contributed by atoms with E-state index in [0.29, 0.717) is 17.2 Å². The first-order chi connectivity index (χ1) is 10.0. The van der Waals surface area contributed by atoms with Crippen molar-refractivity contribution < 1.29 is 14.3 Å². The molecule has 7 heteroatoms. The van der Waals surface area contributed by atoms with Crippen molar-refractivity contribution in [2.24, 2.45) is 0 Å². The van der Waals surface area contributed by atoms with Gasteiger partial charge in [0, 0.05) is 12.3 Å². The number of carbonyl (C=O) groups excluding carboxylic acids is 1. The molecule has 0 saturated heterocycles. The number of aromatic nitrogens is 2. The Morgan fingerprint density at radius 2 is 2.14 bits per heavy atom. The SMILES string of the molecule is COc1ccc(OC)c(NC(=O)C(C)n2cc(Br)cn2)c1. The highest BCUT2D eigenvalue weighted by Crippen LogP contribution is 2.29. The summed E-state index contributed by atoms with van der Waals surface area (Å²) >= 11 is 3.31. The zero-order valence-electron chi connectivity index (χ0n) is 12.0. The fourth-order valence-corrected chi connectivity index (χ4v) is 2.10. The maximum Gasteiger partial charge on any atom is 0.249 e. The molecule has 1 N–H and O–H groups in total. The summed E-state index contributed by atoms with van der Waals surface area (Å²) in [7, 11) is 3.11. The highest BCUT2D eigenvalue weighted by molar-refractivity contribution is 9.10. The molecule has 0 aliphatic heterocycles. The molecule has 0 aliphatic carbocycles. The summed E-state index contributed by atoms with van der Waals surface area (Å²) in [6.45, 7) is 1.77. The van der Waals surface area contributed by atoms with Crippen molar-refractivity contribution in [3.8, 4) is 11.5 Å². The van der Waals surface area contributed by atoms with Crippen LogP contribution in [0.5, 0.6) is 11.5 Å². The van der Waals surface area contributed by atoms with Gasteiger partial charge in [0.15, 0.2) is 0 Å². The Morgan fingerprint density at radius 1 is 1.38 bits per heavy atom. The summed E-state index contributed by atoms with van der Waals surface area (Å²) in [5.74, 6) is 1.01. The van der Waals surface area contributed by atoms with Gasteiger partial charge in [-0.2, -0.15) is 5.10 Å². The molecule has 0 radical (unpaired) electrons. The van der Waals surface area contributed by atoms with Crippen LogP contribution >= 0.6 is 15.9 Å². The van der Waals surface area contributed by atoms with Crippen molar-refractivity contribution in [3.63, 3.8) is 0 Å². The van der Waals surface area contributed by atoms with Crippen LogP contribution in [0.2, 0.25) is 0 Å². The number of anilines is 1. The van der Waals surface area contributed by atoms with Gasteiger partial charge in [-0.25, -0.2) is 0 Å². The number of rotatable bonds is 5. The van der Waals surface area contributed by atoms with Crippen LogP contribution in [0.3, 0.4) is 0 Å². The van der Waals surface area contributed by atoms with Crippen molar-refractivity contribution in [1.82, 2.24) is 9.78 Å². The van der Waals surface area contributed by atoms with Crippen LogP contribution < -0.4 is 14.8 Å². The van der Waals surface area contributed by atoms with Gasteiger partial charge >= 0.3 is 0 Å². The molecule has 0 saturated carbocycles. The van der Waals surface area contributed by atoms with Crippen LogP contribution in [0, 0.1) is 0 Å². The third-order valence-electron chi connectivity index (χ3n) is 3.01. The number of methoxy groups -OCH3 is 2. The standard InChI is InChI=1S/C14H16BrN3O3/c1-9(18-8-10(15)7-16-18)14(19)17-12-6-11(20-2)4-5-13(12)21-3/h4-9H,1-3H3,(H,17,19). The number of ether oxygens (including phenoxy) is 2. The second-order valence-corrected chi connectivity index (χ2v) is 5.29. The number of hydrogen-bond donors (Lipinski definition) is 1. The van der Waals surface area contributed by atoms with Crippen molar-refractivity contribution in [2.45, 2.75) is 13.0 Å². The zero-order valence-corrected chi connectivity index (χ0v) is 13.5. The third kappa shape index (κ3) is 3.55. The summed E-state index contributed by atoms with van der Waals surface area (Å²) in [4.78, 5) is 12.3. The molecule has 0 fully saturated rings. The predicted octanol–water partition coefficient (Wildman–Crippen LogP) is 2.86. The summed E-state index contributed by atoms with van der Waals surface area (Å²) in [6.07, 6.45) is 3.38. The number of halogens is 1. The van der Waals surface area contributed by atoms with Crippen LogP contribution in [0.15, 0.2) is 35.1 Å². The minimum absolute atomic E-state index is 0.197. The average Bonchev–Trinajstić information content (AvgIpc) is 2.92.